The zero-order valence-electron chi connectivity index (χ0n) is 8.32. The van der Waals surface area contributed by atoms with Crippen molar-refractivity contribution in [3.8, 4) is 0 Å². The van der Waals surface area contributed by atoms with Crippen LogP contribution >= 0.6 is 23.4 Å². The number of benzene rings is 1. The molecule has 1 aromatic carbocycles. The third-order valence-corrected chi connectivity index (χ3v) is 3.44. The third kappa shape index (κ3) is 3.66. The number of thioether (sulfide) groups is 1. The number of rotatable bonds is 5. The van der Waals surface area contributed by atoms with Gasteiger partial charge in [-0.1, -0.05) is 23.7 Å². The molecule has 0 aromatic heterocycles. The Morgan fingerprint density at radius 1 is 1.62 bits per heavy atom. The molecule has 1 rings (SSSR count). The van der Waals surface area contributed by atoms with Crippen molar-refractivity contribution in [2.75, 3.05) is 5.75 Å². The van der Waals surface area contributed by atoms with Gasteiger partial charge in [0.15, 0.2) is 0 Å². The standard InChI is InChI=1S/C10H11ClFNO2S/c11-9-6(2-1-3-7(9)12)4-16-5-8(13)10(14)15/h1-3,8H,4-5,13H2,(H,14,15)/t8-/m1/s1. The smallest absolute Gasteiger partial charge is 0.321 e. The van der Waals surface area contributed by atoms with Crippen LogP contribution in [0.15, 0.2) is 18.2 Å². The highest BCUT2D eigenvalue weighted by Crippen LogP contribution is 2.23. The van der Waals surface area contributed by atoms with Gasteiger partial charge in [0.2, 0.25) is 0 Å². The number of carboxylic acids is 1. The van der Waals surface area contributed by atoms with E-state index in [4.69, 9.17) is 22.4 Å². The Kier molecular flexibility index (Phi) is 5.05. The fourth-order valence-electron chi connectivity index (χ4n) is 1.03. The second-order valence-corrected chi connectivity index (χ2v) is 4.58. The van der Waals surface area contributed by atoms with Crippen molar-refractivity contribution >= 4 is 29.3 Å². The van der Waals surface area contributed by atoms with E-state index in [1.807, 2.05) is 0 Å². The first-order valence-electron chi connectivity index (χ1n) is 4.51. The van der Waals surface area contributed by atoms with Crippen molar-refractivity contribution in [3.05, 3.63) is 34.6 Å². The molecular weight excluding hydrogens is 253 g/mol. The van der Waals surface area contributed by atoms with E-state index in [0.29, 0.717) is 11.3 Å². The number of hydrogen-bond acceptors (Lipinski definition) is 3. The van der Waals surface area contributed by atoms with E-state index in [1.165, 1.54) is 17.8 Å². The zero-order chi connectivity index (χ0) is 12.1. The highest BCUT2D eigenvalue weighted by atomic mass is 35.5. The van der Waals surface area contributed by atoms with Crippen molar-refractivity contribution in [2.45, 2.75) is 11.8 Å². The summed E-state index contributed by atoms with van der Waals surface area (Å²) in [6, 6.07) is 3.63. The molecule has 1 atom stereocenters. The lowest BCUT2D eigenvalue weighted by molar-refractivity contribution is -0.137. The highest BCUT2D eigenvalue weighted by Gasteiger charge is 2.12. The first-order valence-corrected chi connectivity index (χ1v) is 6.04. The first kappa shape index (κ1) is 13.3. The lowest BCUT2D eigenvalue weighted by atomic mass is 10.2. The summed E-state index contributed by atoms with van der Waals surface area (Å²) < 4.78 is 13.0. The maximum atomic E-state index is 13.0. The molecule has 6 heteroatoms. The van der Waals surface area contributed by atoms with Gasteiger partial charge in [-0.25, -0.2) is 4.39 Å². The maximum Gasteiger partial charge on any atom is 0.321 e. The van der Waals surface area contributed by atoms with Crippen LogP contribution in [0.3, 0.4) is 0 Å². The van der Waals surface area contributed by atoms with Crippen LogP contribution in [0, 0.1) is 5.82 Å². The summed E-state index contributed by atoms with van der Waals surface area (Å²) in [5.41, 5.74) is 5.96. The summed E-state index contributed by atoms with van der Waals surface area (Å²) in [7, 11) is 0. The third-order valence-electron chi connectivity index (χ3n) is 1.90. The molecule has 0 aliphatic carbocycles. The van der Waals surface area contributed by atoms with Gasteiger partial charge in [-0.3, -0.25) is 4.79 Å². The van der Waals surface area contributed by atoms with Crippen molar-refractivity contribution in [1.29, 1.82) is 0 Å². The monoisotopic (exact) mass is 263 g/mol. The molecular formula is C10H11ClFNO2S. The SMILES string of the molecule is N[C@H](CSCc1cccc(F)c1Cl)C(=O)O. The van der Waals surface area contributed by atoms with Crippen LogP contribution < -0.4 is 5.73 Å². The second kappa shape index (κ2) is 6.08. The molecule has 3 N–H and O–H groups in total. The predicted octanol–water partition coefficient (Wildman–Crippen LogP) is 2.12. The Labute approximate surface area is 102 Å². The van der Waals surface area contributed by atoms with Crippen LogP contribution in [0.1, 0.15) is 5.56 Å². The first-order chi connectivity index (χ1) is 7.52. The molecule has 0 saturated heterocycles. The summed E-state index contributed by atoms with van der Waals surface area (Å²) in [4.78, 5) is 10.4. The largest absolute Gasteiger partial charge is 0.480 e. The van der Waals surface area contributed by atoms with E-state index in [1.54, 1.807) is 12.1 Å². The van der Waals surface area contributed by atoms with Crippen LogP contribution in [0.2, 0.25) is 5.02 Å². The summed E-state index contributed by atoms with van der Waals surface area (Å²) in [5, 5.41) is 8.64. The lowest BCUT2D eigenvalue weighted by Crippen LogP contribution is -2.32. The second-order valence-electron chi connectivity index (χ2n) is 3.17. The van der Waals surface area contributed by atoms with Gasteiger partial charge in [-0.2, -0.15) is 11.8 Å². The topological polar surface area (TPSA) is 63.3 Å². The van der Waals surface area contributed by atoms with Gasteiger partial charge in [0.1, 0.15) is 11.9 Å². The summed E-state index contributed by atoms with van der Waals surface area (Å²) >= 11 is 7.04. The highest BCUT2D eigenvalue weighted by molar-refractivity contribution is 7.98. The quantitative estimate of drug-likeness (QED) is 0.854. The summed E-state index contributed by atoms with van der Waals surface area (Å²) in [5.74, 6) is -0.806. The normalized spacial score (nSPS) is 12.4. The van der Waals surface area contributed by atoms with Gasteiger partial charge < -0.3 is 10.8 Å². The minimum Gasteiger partial charge on any atom is -0.480 e. The number of carboxylic acid groups (broad SMARTS) is 1. The molecule has 0 unspecified atom stereocenters. The van der Waals surface area contributed by atoms with Crippen LogP contribution in [-0.4, -0.2) is 22.9 Å². The molecule has 0 amide bonds. The molecule has 0 heterocycles. The Bertz CT molecular complexity index is 389. The van der Waals surface area contributed by atoms with Gasteiger partial charge in [-0.05, 0) is 11.6 Å². The molecule has 0 fully saturated rings. The van der Waals surface area contributed by atoms with Crippen LogP contribution in [0.5, 0.6) is 0 Å². The van der Waals surface area contributed by atoms with Crippen LogP contribution in [0.4, 0.5) is 4.39 Å². The molecule has 0 saturated carbocycles. The molecule has 0 aliphatic rings. The van der Waals surface area contributed by atoms with E-state index in [0.717, 1.165) is 0 Å². The van der Waals surface area contributed by atoms with Gasteiger partial charge in [-0.15, -0.1) is 0 Å². The molecule has 16 heavy (non-hydrogen) atoms. The Morgan fingerprint density at radius 3 is 2.94 bits per heavy atom. The van der Waals surface area contributed by atoms with E-state index < -0.39 is 17.8 Å². The van der Waals surface area contributed by atoms with E-state index in [2.05, 4.69) is 0 Å². The fourth-order valence-corrected chi connectivity index (χ4v) is 2.27. The van der Waals surface area contributed by atoms with Gasteiger partial charge in [0, 0.05) is 11.5 Å². The average molecular weight is 264 g/mol. The lowest BCUT2D eigenvalue weighted by Gasteiger charge is -2.07. The van der Waals surface area contributed by atoms with E-state index in [-0.39, 0.29) is 10.8 Å². The molecule has 0 radical (unpaired) electrons. The van der Waals surface area contributed by atoms with Crippen molar-refractivity contribution in [3.63, 3.8) is 0 Å². The number of halogens is 2. The fraction of sp³-hybridized carbons (Fsp3) is 0.300. The summed E-state index contributed by atoms with van der Waals surface area (Å²) in [6.07, 6.45) is 0. The van der Waals surface area contributed by atoms with Crippen molar-refractivity contribution in [1.82, 2.24) is 0 Å². The number of aliphatic carboxylic acids is 1. The van der Waals surface area contributed by atoms with Crippen LogP contribution in [-0.2, 0) is 10.5 Å². The van der Waals surface area contributed by atoms with Gasteiger partial charge in [0.25, 0.3) is 0 Å². The van der Waals surface area contributed by atoms with Crippen molar-refractivity contribution in [2.24, 2.45) is 5.73 Å². The number of carbonyl (C=O) groups is 1. The minimum atomic E-state index is -1.04. The Morgan fingerprint density at radius 2 is 2.31 bits per heavy atom. The molecule has 3 nitrogen and oxygen atoms in total. The average Bonchev–Trinajstić information content (AvgIpc) is 2.24. The molecule has 0 bridgehead atoms. The van der Waals surface area contributed by atoms with Gasteiger partial charge in [0.05, 0.1) is 5.02 Å². The Balaban J connectivity index is 2.49. The van der Waals surface area contributed by atoms with Crippen LogP contribution in [0.25, 0.3) is 0 Å². The maximum absolute atomic E-state index is 13.0. The molecule has 0 spiro atoms. The van der Waals surface area contributed by atoms with Gasteiger partial charge >= 0.3 is 5.97 Å². The Hall–Kier alpha value is -0.780. The van der Waals surface area contributed by atoms with E-state index in [9.17, 15) is 9.18 Å². The minimum absolute atomic E-state index is 0.0823. The van der Waals surface area contributed by atoms with E-state index >= 15 is 0 Å². The zero-order valence-corrected chi connectivity index (χ0v) is 9.89. The number of nitrogens with two attached hydrogens (primary N) is 1. The van der Waals surface area contributed by atoms with Crippen molar-refractivity contribution < 1.29 is 14.3 Å². The molecule has 0 aliphatic heterocycles. The summed E-state index contributed by atoms with van der Waals surface area (Å²) in [6.45, 7) is 0. The molecule has 1 aromatic rings. The predicted molar refractivity (Wildman–Crippen MR) is 63.2 cm³/mol. The molecule has 88 valence electrons. The number of hydrogen-bond donors (Lipinski definition) is 2.